The molecule has 0 radical (unpaired) electrons. The van der Waals surface area contributed by atoms with Gasteiger partial charge in [0.05, 0.1) is 6.10 Å². The summed E-state index contributed by atoms with van der Waals surface area (Å²) in [7, 11) is 0. The summed E-state index contributed by atoms with van der Waals surface area (Å²) < 4.78 is 0. The highest BCUT2D eigenvalue weighted by Crippen LogP contribution is 2.22. The molecule has 1 heterocycles. The van der Waals surface area contributed by atoms with E-state index in [-0.39, 0.29) is 12.0 Å². The fourth-order valence-electron chi connectivity index (χ4n) is 2.54. The minimum atomic E-state index is -0.285. The first-order valence-corrected chi connectivity index (χ1v) is 6.82. The van der Waals surface area contributed by atoms with E-state index in [0.717, 1.165) is 18.4 Å². The first kappa shape index (κ1) is 13.9. The van der Waals surface area contributed by atoms with Crippen LogP contribution in [0.4, 0.5) is 5.69 Å². The maximum Gasteiger partial charge on any atom is 0.253 e. The van der Waals surface area contributed by atoms with Gasteiger partial charge in [0.25, 0.3) is 5.91 Å². The van der Waals surface area contributed by atoms with Gasteiger partial charge in [-0.3, -0.25) is 4.79 Å². The maximum absolute atomic E-state index is 12.3. The minimum absolute atomic E-state index is 0.0377. The Morgan fingerprint density at radius 3 is 2.58 bits per heavy atom. The van der Waals surface area contributed by atoms with E-state index in [4.69, 9.17) is 5.73 Å². The summed E-state index contributed by atoms with van der Waals surface area (Å²) in [6, 6.07) is 5.46. The molecule has 1 fully saturated rings. The van der Waals surface area contributed by atoms with Crippen molar-refractivity contribution in [2.75, 3.05) is 18.8 Å². The normalized spacial score (nSPS) is 18.4. The first-order chi connectivity index (χ1) is 8.99. The zero-order valence-electron chi connectivity index (χ0n) is 11.6. The monoisotopic (exact) mass is 262 g/mol. The molecule has 1 atom stereocenters. The van der Waals surface area contributed by atoms with Crippen molar-refractivity contribution in [3.05, 3.63) is 29.3 Å². The van der Waals surface area contributed by atoms with E-state index in [1.165, 1.54) is 0 Å². The van der Waals surface area contributed by atoms with Crippen LogP contribution in [0.25, 0.3) is 0 Å². The second-order valence-corrected chi connectivity index (χ2v) is 5.44. The van der Waals surface area contributed by atoms with Crippen molar-refractivity contribution in [2.24, 2.45) is 5.92 Å². The van der Waals surface area contributed by atoms with Gasteiger partial charge in [-0.05, 0) is 50.3 Å². The molecule has 4 nitrogen and oxygen atoms in total. The number of aryl methyl sites for hydroxylation is 1. The summed E-state index contributed by atoms with van der Waals surface area (Å²) in [6.07, 6.45) is 1.45. The number of anilines is 1. The highest BCUT2D eigenvalue weighted by Gasteiger charge is 2.26. The predicted octanol–water partition coefficient (Wildman–Crippen LogP) is 1.81. The van der Waals surface area contributed by atoms with Crippen LogP contribution in [0.5, 0.6) is 0 Å². The number of amides is 1. The van der Waals surface area contributed by atoms with Crippen LogP contribution in [0.3, 0.4) is 0 Å². The molecule has 1 unspecified atom stereocenters. The molecule has 19 heavy (non-hydrogen) atoms. The summed E-state index contributed by atoms with van der Waals surface area (Å²) in [4.78, 5) is 14.2. The molecule has 0 saturated carbocycles. The third kappa shape index (κ3) is 3.07. The average Bonchev–Trinajstić information content (AvgIpc) is 2.41. The van der Waals surface area contributed by atoms with Gasteiger partial charge in [0, 0.05) is 24.3 Å². The lowest BCUT2D eigenvalue weighted by Gasteiger charge is -2.33. The van der Waals surface area contributed by atoms with Crippen LogP contribution in [-0.2, 0) is 0 Å². The number of nitrogen functional groups attached to an aromatic ring is 1. The molecule has 1 amide bonds. The molecular formula is C15H22N2O2. The molecular weight excluding hydrogens is 240 g/mol. The Balaban J connectivity index is 2.03. The highest BCUT2D eigenvalue weighted by atomic mass is 16.3. The van der Waals surface area contributed by atoms with Gasteiger partial charge in [0.1, 0.15) is 0 Å². The second-order valence-electron chi connectivity index (χ2n) is 5.44. The molecule has 0 aromatic heterocycles. The largest absolute Gasteiger partial charge is 0.398 e. The summed E-state index contributed by atoms with van der Waals surface area (Å²) in [5.74, 6) is 0.350. The number of aliphatic hydroxyl groups is 1. The topological polar surface area (TPSA) is 66.6 Å². The number of benzene rings is 1. The number of nitrogens with zero attached hydrogens (tertiary/aromatic N) is 1. The van der Waals surface area contributed by atoms with E-state index in [2.05, 4.69) is 0 Å². The average molecular weight is 262 g/mol. The third-order valence-electron chi connectivity index (χ3n) is 4.04. The number of likely N-dealkylation sites (tertiary alicyclic amines) is 1. The predicted molar refractivity (Wildman–Crippen MR) is 75.9 cm³/mol. The fraction of sp³-hybridized carbons (Fsp3) is 0.533. The summed E-state index contributed by atoms with van der Waals surface area (Å²) in [5, 5.41) is 9.57. The van der Waals surface area contributed by atoms with Crippen LogP contribution < -0.4 is 5.73 Å². The van der Waals surface area contributed by atoms with E-state index in [1.807, 2.05) is 30.9 Å². The molecule has 0 spiro atoms. The Kier molecular flexibility index (Phi) is 4.10. The van der Waals surface area contributed by atoms with Crippen molar-refractivity contribution in [3.63, 3.8) is 0 Å². The summed E-state index contributed by atoms with van der Waals surface area (Å²) in [5.41, 5.74) is 8.14. The first-order valence-electron chi connectivity index (χ1n) is 6.82. The third-order valence-corrected chi connectivity index (χ3v) is 4.04. The van der Waals surface area contributed by atoms with Gasteiger partial charge in [-0.1, -0.05) is 6.07 Å². The quantitative estimate of drug-likeness (QED) is 0.799. The van der Waals surface area contributed by atoms with Gasteiger partial charge in [-0.2, -0.15) is 0 Å². The number of nitrogens with two attached hydrogens (primary N) is 1. The number of hydrogen-bond acceptors (Lipinski definition) is 3. The van der Waals surface area contributed by atoms with Crippen LogP contribution in [0.2, 0.25) is 0 Å². The van der Waals surface area contributed by atoms with Gasteiger partial charge in [0.15, 0.2) is 0 Å². The molecule has 1 aliphatic rings. The van der Waals surface area contributed by atoms with Crippen LogP contribution in [0.15, 0.2) is 18.2 Å². The fourth-order valence-corrected chi connectivity index (χ4v) is 2.54. The molecule has 0 bridgehead atoms. The molecule has 1 aromatic rings. The van der Waals surface area contributed by atoms with E-state index in [1.54, 1.807) is 6.07 Å². The van der Waals surface area contributed by atoms with Crippen molar-refractivity contribution in [1.29, 1.82) is 0 Å². The molecule has 1 aromatic carbocycles. The maximum atomic E-state index is 12.3. The second kappa shape index (κ2) is 5.61. The van der Waals surface area contributed by atoms with Crippen molar-refractivity contribution in [2.45, 2.75) is 32.8 Å². The molecule has 2 rings (SSSR count). The number of piperidine rings is 1. The number of aliphatic hydroxyl groups excluding tert-OH is 1. The number of carbonyl (C=O) groups is 1. The molecule has 3 N–H and O–H groups in total. The zero-order chi connectivity index (χ0) is 14.0. The molecule has 1 saturated heterocycles. The van der Waals surface area contributed by atoms with Gasteiger partial charge in [0.2, 0.25) is 0 Å². The number of carbonyl (C=O) groups excluding carboxylic acids is 1. The zero-order valence-corrected chi connectivity index (χ0v) is 11.6. The van der Waals surface area contributed by atoms with Crippen LogP contribution in [0.1, 0.15) is 35.7 Å². The minimum Gasteiger partial charge on any atom is -0.398 e. The van der Waals surface area contributed by atoms with Crippen molar-refractivity contribution < 1.29 is 9.90 Å². The van der Waals surface area contributed by atoms with E-state index >= 15 is 0 Å². The van der Waals surface area contributed by atoms with E-state index in [0.29, 0.717) is 30.3 Å². The van der Waals surface area contributed by atoms with Gasteiger partial charge >= 0.3 is 0 Å². The summed E-state index contributed by atoms with van der Waals surface area (Å²) >= 11 is 0. The lowest BCUT2D eigenvalue weighted by molar-refractivity contribution is 0.0521. The van der Waals surface area contributed by atoms with E-state index in [9.17, 15) is 9.90 Å². The smallest absolute Gasteiger partial charge is 0.253 e. The molecule has 4 heteroatoms. The number of hydrogen-bond donors (Lipinski definition) is 2. The highest BCUT2D eigenvalue weighted by molar-refractivity contribution is 5.95. The lowest BCUT2D eigenvalue weighted by atomic mass is 9.92. The van der Waals surface area contributed by atoms with Crippen molar-refractivity contribution >= 4 is 11.6 Å². The van der Waals surface area contributed by atoms with Gasteiger partial charge in [-0.15, -0.1) is 0 Å². The molecule has 1 aliphatic heterocycles. The Labute approximate surface area is 114 Å². The SMILES string of the molecule is Cc1ccc(C(=O)N2CCC(C(C)O)CC2)cc1N. The van der Waals surface area contributed by atoms with E-state index < -0.39 is 0 Å². The number of rotatable bonds is 2. The van der Waals surface area contributed by atoms with Crippen molar-refractivity contribution in [1.82, 2.24) is 4.90 Å². The lowest BCUT2D eigenvalue weighted by Crippen LogP contribution is -2.40. The standard InChI is InChI=1S/C15H22N2O2/c1-10-3-4-13(9-14(10)16)15(19)17-7-5-12(6-8-17)11(2)18/h3-4,9,11-12,18H,5-8,16H2,1-2H3. The van der Waals surface area contributed by atoms with Crippen molar-refractivity contribution in [3.8, 4) is 0 Å². The molecule has 0 aliphatic carbocycles. The summed E-state index contributed by atoms with van der Waals surface area (Å²) in [6.45, 7) is 5.17. The Bertz CT molecular complexity index is 463. The Morgan fingerprint density at radius 2 is 2.05 bits per heavy atom. The Hall–Kier alpha value is -1.55. The Morgan fingerprint density at radius 1 is 1.42 bits per heavy atom. The van der Waals surface area contributed by atoms with Crippen LogP contribution in [0, 0.1) is 12.8 Å². The van der Waals surface area contributed by atoms with Gasteiger partial charge in [-0.25, -0.2) is 0 Å². The van der Waals surface area contributed by atoms with Gasteiger partial charge < -0.3 is 15.7 Å². The van der Waals surface area contributed by atoms with Crippen LogP contribution in [-0.4, -0.2) is 35.1 Å². The van der Waals surface area contributed by atoms with Crippen LogP contribution >= 0.6 is 0 Å². The molecule has 104 valence electrons.